The van der Waals surface area contributed by atoms with Crippen LogP contribution in [0, 0.1) is 6.92 Å². The van der Waals surface area contributed by atoms with Gasteiger partial charge in [-0.15, -0.1) is 0 Å². The molecule has 0 bridgehead atoms. The minimum Gasteiger partial charge on any atom is -0.493 e. The summed E-state index contributed by atoms with van der Waals surface area (Å²) in [4.78, 5) is 11.7. The highest BCUT2D eigenvalue weighted by atomic mass is 16.5. The molecule has 2 unspecified atom stereocenters. The third-order valence-corrected chi connectivity index (χ3v) is 3.85. The molecular weight excluding hydrogens is 322 g/mol. The molecule has 0 saturated heterocycles. The zero-order valence-corrected chi connectivity index (χ0v) is 14.5. The largest absolute Gasteiger partial charge is 0.493 e. The number of carbonyl (C=O) groups excluding carboxylic acids is 1. The van der Waals surface area contributed by atoms with Gasteiger partial charge in [0.2, 0.25) is 0 Å². The second-order valence-corrected chi connectivity index (χ2v) is 5.88. The van der Waals surface area contributed by atoms with Gasteiger partial charge in [-0.2, -0.15) is 0 Å². The van der Waals surface area contributed by atoms with Crippen molar-refractivity contribution < 1.29 is 24.5 Å². The van der Waals surface area contributed by atoms with Gasteiger partial charge in [-0.05, 0) is 42.7 Å². The minimum absolute atomic E-state index is 0.0943. The van der Waals surface area contributed by atoms with E-state index in [9.17, 15) is 15.0 Å². The number of primary amides is 1. The van der Waals surface area contributed by atoms with Crippen LogP contribution in [0.1, 0.15) is 46.2 Å². The van der Waals surface area contributed by atoms with Crippen LogP contribution in [0.3, 0.4) is 0 Å². The van der Waals surface area contributed by atoms with Crippen LogP contribution in [0.25, 0.3) is 0 Å². The monoisotopic (exact) mass is 345 g/mol. The summed E-state index contributed by atoms with van der Waals surface area (Å²) in [6.45, 7) is 3.37. The predicted molar refractivity (Wildman–Crippen MR) is 93.8 cm³/mol. The molecule has 0 aliphatic carbocycles. The van der Waals surface area contributed by atoms with E-state index in [1.807, 2.05) is 6.92 Å². The van der Waals surface area contributed by atoms with E-state index in [0.717, 1.165) is 5.56 Å². The molecule has 0 aliphatic rings. The quantitative estimate of drug-likeness (QED) is 0.714. The fraction of sp³-hybridized carbons (Fsp3) is 0.316. The number of nitrogens with two attached hydrogens (primary N) is 1. The lowest BCUT2D eigenvalue weighted by Gasteiger charge is -2.18. The van der Waals surface area contributed by atoms with Crippen molar-refractivity contribution in [3.63, 3.8) is 0 Å². The summed E-state index contributed by atoms with van der Waals surface area (Å²) in [7, 11) is 1.47. The highest BCUT2D eigenvalue weighted by Gasteiger charge is 2.18. The highest BCUT2D eigenvalue weighted by molar-refractivity contribution is 5.96. The number of aliphatic hydroxyl groups excluding tert-OH is 2. The molecular formula is C19H23NO5. The Bertz CT molecular complexity index is 757. The normalized spacial score (nSPS) is 13.2. The maximum atomic E-state index is 11.7. The number of methoxy groups -OCH3 is 1. The van der Waals surface area contributed by atoms with Crippen molar-refractivity contribution in [1.29, 1.82) is 0 Å². The second-order valence-electron chi connectivity index (χ2n) is 5.88. The molecule has 0 heterocycles. The van der Waals surface area contributed by atoms with E-state index in [4.69, 9.17) is 15.2 Å². The summed E-state index contributed by atoms with van der Waals surface area (Å²) < 4.78 is 10.9. The van der Waals surface area contributed by atoms with Crippen LogP contribution in [0.5, 0.6) is 11.5 Å². The average molecular weight is 345 g/mol. The molecule has 0 fully saturated rings. The first kappa shape index (κ1) is 18.8. The summed E-state index contributed by atoms with van der Waals surface area (Å²) in [6, 6.07) is 10.3. The number of aliphatic hydroxyl groups is 2. The summed E-state index contributed by atoms with van der Waals surface area (Å²) >= 11 is 0. The third-order valence-electron chi connectivity index (χ3n) is 3.85. The van der Waals surface area contributed by atoms with Crippen molar-refractivity contribution >= 4 is 5.91 Å². The van der Waals surface area contributed by atoms with E-state index < -0.39 is 18.1 Å². The molecule has 2 atom stereocenters. The molecule has 1 amide bonds. The van der Waals surface area contributed by atoms with Gasteiger partial charge in [0, 0.05) is 0 Å². The van der Waals surface area contributed by atoms with Gasteiger partial charge >= 0.3 is 0 Å². The van der Waals surface area contributed by atoms with Gasteiger partial charge in [-0.1, -0.05) is 24.3 Å². The van der Waals surface area contributed by atoms with E-state index in [1.54, 1.807) is 43.3 Å². The van der Waals surface area contributed by atoms with Crippen LogP contribution in [-0.4, -0.2) is 29.8 Å². The van der Waals surface area contributed by atoms with E-state index >= 15 is 0 Å². The molecule has 2 aromatic rings. The lowest BCUT2D eigenvalue weighted by Crippen LogP contribution is -2.17. The second kappa shape index (κ2) is 8.00. The van der Waals surface area contributed by atoms with Crippen LogP contribution >= 0.6 is 0 Å². The van der Waals surface area contributed by atoms with E-state index in [0.29, 0.717) is 16.9 Å². The highest BCUT2D eigenvalue weighted by Crippen LogP contribution is 2.33. The molecule has 0 aliphatic heterocycles. The number of carbonyl (C=O) groups is 1. The van der Waals surface area contributed by atoms with Crippen LogP contribution < -0.4 is 15.2 Å². The van der Waals surface area contributed by atoms with Gasteiger partial charge in [0.05, 0.1) is 18.8 Å². The Morgan fingerprint density at radius 2 is 1.88 bits per heavy atom. The van der Waals surface area contributed by atoms with Crippen LogP contribution in [0.15, 0.2) is 36.4 Å². The number of hydrogen-bond donors (Lipinski definition) is 3. The Labute approximate surface area is 146 Å². The van der Waals surface area contributed by atoms with Crippen LogP contribution in [0.2, 0.25) is 0 Å². The Kier molecular flexibility index (Phi) is 6.01. The lowest BCUT2D eigenvalue weighted by molar-refractivity contribution is 0.0958. The van der Waals surface area contributed by atoms with Gasteiger partial charge in [0.25, 0.3) is 5.91 Å². The lowest BCUT2D eigenvalue weighted by atomic mass is 10.0. The van der Waals surface area contributed by atoms with Gasteiger partial charge in [-0.3, -0.25) is 4.79 Å². The van der Waals surface area contributed by atoms with Gasteiger partial charge in [-0.25, -0.2) is 0 Å². The van der Waals surface area contributed by atoms with Crippen molar-refractivity contribution in [2.45, 2.75) is 26.1 Å². The smallest absolute Gasteiger partial charge is 0.252 e. The summed E-state index contributed by atoms with van der Waals surface area (Å²) in [5.41, 5.74) is 7.72. The average Bonchev–Trinajstić information content (AvgIpc) is 2.59. The van der Waals surface area contributed by atoms with E-state index in [2.05, 4.69) is 0 Å². The van der Waals surface area contributed by atoms with Crippen LogP contribution in [0.4, 0.5) is 0 Å². The van der Waals surface area contributed by atoms with Crippen molar-refractivity contribution in [3.05, 3.63) is 58.7 Å². The van der Waals surface area contributed by atoms with Gasteiger partial charge < -0.3 is 25.4 Å². The van der Waals surface area contributed by atoms with Gasteiger partial charge in [0.15, 0.2) is 11.5 Å². The number of ether oxygens (including phenoxy) is 2. The van der Waals surface area contributed by atoms with E-state index in [1.165, 1.54) is 7.11 Å². The molecule has 0 radical (unpaired) electrons. The number of hydrogen-bond acceptors (Lipinski definition) is 5. The Hall–Kier alpha value is -2.57. The Balaban J connectivity index is 2.23. The molecule has 2 rings (SSSR count). The first-order valence-corrected chi connectivity index (χ1v) is 7.90. The predicted octanol–water partition coefficient (Wildman–Crippen LogP) is 2.27. The topological polar surface area (TPSA) is 102 Å². The molecule has 0 spiro atoms. The molecule has 25 heavy (non-hydrogen) atoms. The molecule has 2 aromatic carbocycles. The van der Waals surface area contributed by atoms with Gasteiger partial charge in [0.1, 0.15) is 12.7 Å². The number of rotatable bonds is 7. The Morgan fingerprint density at radius 3 is 2.48 bits per heavy atom. The molecule has 0 saturated carbocycles. The zero-order valence-electron chi connectivity index (χ0n) is 14.5. The standard InChI is InChI=1S/C19H23NO5/c1-11-7-15(19(20)23)18(17(8-11)24-3)25-10-16(22)14-6-4-5-13(9-14)12(2)21/h4-9,12,16,21-22H,10H2,1-3H3,(H2,20,23). The number of aryl methyl sites for hydroxylation is 1. The summed E-state index contributed by atoms with van der Waals surface area (Å²) in [6.07, 6.45) is -1.57. The van der Waals surface area contributed by atoms with E-state index in [-0.39, 0.29) is 17.9 Å². The number of benzene rings is 2. The minimum atomic E-state index is -0.939. The zero-order chi connectivity index (χ0) is 18.6. The molecule has 4 N–H and O–H groups in total. The first-order chi connectivity index (χ1) is 11.8. The maximum absolute atomic E-state index is 11.7. The SMILES string of the molecule is COc1cc(C)cc(C(N)=O)c1OCC(O)c1cccc(C(C)O)c1. The first-order valence-electron chi connectivity index (χ1n) is 7.90. The molecule has 6 heteroatoms. The maximum Gasteiger partial charge on any atom is 0.252 e. The van der Waals surface area contributed by atoms with Crippen molar-refractivity contribution in [3.8, 4) is 11.5 Å². The number of amides is 1. The molecule has 134 valence electrons. The van der Waals surface area contributed by atoms with Crippen molar-refractivity contribution in [1.82, 2.24) is 0 Å². The fourth-order valence-electron chi connectivity index (χ4n) is 2.51. The third kappa shape index (κ3) is 4.49. The summed E-state index contributed by atoms with van der Waals surface area (Å²) in [5, 5.41) is 20.0. The summed E-state index contributed by atoms with van der Waals surface area (Å²) in [5.74, 6) is -0.0624. The Morgan fingerprint density at radius 1 is 1.20 bits per heavy atom. The fourth-order valence-corrected chi connectivity index (χ4v) is 2.51. The molecule has 0 aromatic heterocycles. The van der Waals surface area contributed by atoms with Crippen LogP contribution in [-0.2, 0) is 0 Å². The molecule has 6 nitrogen and oxygen atoms in total. The van der Waals surface area contributed by atoms with Crippen molar-refractivity contribution in [2.75, 3.05) is 13.7 Å². The van der Waals surface area contributed by atoms with Crippen molar-refractivity contribution in [2.24, 2.45) is 5.73 Å².